The molecule has 2 heterocycles. The van der Waals surface area contributed by atoms with Crippen molar-refractivity contribution in [3.05, 3.63) is 198 Å². The number of ether oxygens (including phenoxy) is 2. The summed E-state index contributed by atoms with van der Waals surface area (Å²) in [5, 5.41) is 0. The summed E-state index contributed by atoms with van der Waals surface area (Å²) in [6.45, 7) is 1.88. The Morgan fingerprint density at radius 2 is 0.879 bits per heavy atom. The van der Waals surface area contributed by atoms with E-state index in [1.807, 2.05) is 110 Å². The number of rotatable bonds is 10. The summed E-state index contributed by atoms with van der Waals surface area (Å²) in [5.41, 5.74) is 5.05. The zero-order valence-corrected chi connectivity index (χ0v) is 33.3. The van der Waals surface area contributed by atoms with Crippen molar-refractivity contribution in [2.45, 2.75) is 42.2 Å². The maximum Gasteiger partial charge on any atom is 0.324 e. The van der Waals surface area contributed by atoms with Crippen LogP contribution in [-0.4, -0.2) is 51.1 Å². The summed E-state index contributed by atoms with van der Waals surface area (Å²) in [7, 11) is -1.93. The summed E-state index contributed by atoms with van der Waals surface area (Å²) in [6.07, 6.45) is -0.835. The van der Waals surface area contributed by atoms with Gasteiger partial charge in [0, 0.05) is 17.3 Å². The summed E-state index contributed by atoms with van der Waals surface area (Å²) in [5.74, 6) is -3.68. The van der Waals surface area contributed by atoms with Gasteiger partial charge in [-0.3, -0.25) is 9.59 Å². The molecule has 6 atom stereocenters. The minimum absolute atomic E-state index is 0.00669. The van der Waals surface area contributed by atoms with Crippen molar-refractivity contribution in [3.63, 3.8) is 0 Å². The molecular formula is C48H45N3O6S. The van der Waals surface area contributed by atoms with Gasteiger partial charge in [-0.05, 0) is 60.0 Å². The number of sulfonamides is 1. The van der Waals surface area contributed by atoms with E-state index in [9.17, 15) is 9.59 Å². The van der Waals surface area contributed by atoms with E-state index in [1.165, 1.54) is 18.5 Å². The highest BCUT2D eigenvalue weighted by Crippen LogP contribution is 2.58. The first-order valence-electron chi connectivity index (χ1n) is 19.3. The third-order valence-electron chi connectivity index (χ3n) is 11.5. The van der Waals surface area contributed by atoms with Crippen LogP contribution in [0.2, 0.25) is 0 Å². The Bertz CT molecular complexity index is 2350. The lowest BCUT2D eigenvalue weighted by Crippen LogP contribution is -2.55. The van der Waals surface area contributed by atoms with E-state index in [4.69, 9.17) is 9.47 Å². The van der Waals surface area contributed by atoms with Gasteiger partial charge >= 0.3 is 11.9 Å². The molecule has 2 aliphatic heterocycles. The molecular weight excluding hydrogens is 747 g/mol. The monoisotopic (exact) mass is 791 g/mol. The average molecular weight is 792 g/mol. The van der Waals surface area contributed by atoms with Gasteiger partial charge in [0.15, 0.2) is 0 Å². The average Bonchev–Trinajstić information content (AvgIpc) is 3.82. The normalized spacial score (nSPS) is 22.5. The first-order valence-corrected chi connectivity index (χ1v) is 20.8. The number of aryl methyl sites for hydroxylation is 1. The molecule has 0 spiro atoms. The van der Waals surface area contributed by atoms with Crippen LogP contribution < -0.4 is 9.80 Å². The lowest BCUT2D eigenvalue weighted by Gasteiger charge is -2.41. The van der Waals surface area contributed by atoms with E-state index in [0.717, 1.165) is 28.1 Å². The highest BCUT2D eigenvalue weighted by atomic mass is 32.2. The van der Waals surface area contributed by atoms with Crippen LogP contribution in [0.5, 0.6) is 0 Å². The Labute approximate surface area is 340 Å². The molecule has 2 aliphatic rings. The van der Waals surface area contributed by atoms with Crippen molar-refractivity contribution in [2.24, 2.45) is 11.8 Å². The highest BCUT2D eigenvalue weighted by molar-refractivity contribution is 7.89. The topological polar surface area (TPSA) is 96.5 Å². The van der Waals surface area contributed by atoms with E-state index in [0.29, 0.717) is 5.56 Å². The second-order valence-electron chi connectivity index (χ2n) is 14.7. The quantitative estimate of drug-likeness (QED) is 0.128. The Morgan fingerprint density at radius 3 is 1.28 bits per heavy atom. The maximum atomic E-state index is 15.4. The van der Waals surface area contributed by atoms with E-state index in [1.54, 1.807) is 48.5 Å². The third kappa shape index (κ3) is 6.82. The van der Waals surface area contributed by atoms with E-state index >= 15 is 8.42 Å². The lowest BCUT2D eigenvalue weighted by molar-refractivity contribution is -0.149. The van der Waals surface area contributed by atoms with Crippen LogP contribution in [0.25, 0.3) is 0 Å². The summed E-state index contributed by atoms with van der Waals surface area (Å²) in [4.78, 5) is 34.2. The predicted molar refractivity (Wildman–Crippen MR) is 224 cm³/mol. The van der Waals surface area contributed by atoms with Crippen LogP contribution in [0.4, 0.5) is 11.4 Å². The molecule has 0 radical (unpaired) electrons. The fraction of sp³-hybridized carbons (Fsp3) is 0.208. The fourth-order valence-corrected chi connectivity index (χ4v) is 10.9. The number of carbonyl (C=O) groups is 2. The molecule has 0 bridgehead atoms. The smallest absolute Gasteiger partial charge is 0.324 e. The SMILES string of the molecule is COC(=O)[C@@H]1[C@@H](C2N(c3ccccc3)[C@@H](c3ccccc3)[C@H](c3ccccc3)N2c2ccccc2)[C@H](C(=O)OC)N(S(=O)(=O)c2ccc(C)cc2)[C@@H]1c1ccccc1. The van der Waals surface area contributed by atoms with Gasteiger partial charge in [-0.15, -0.1) is 0 Å². The number of carbonyl (C=O) groups excluding carboxylic acids is 2. The molecule has 0 unspecified atom stereocenters. The van der Waals surface area contributed by atoms with E-state index < -0.39 is 64.1 Å². The molecule has 2 fully saturated rings. The van der Waals surface area contributed by atoms with Crippen molar-refractivity contribution < 1.29 is 27.5 Å². The second-order valence-corrected chi connectivity index (χ2v) is 16.6. The van der Waals surface area contributed by atoms with Crippen LogP contribution in [0.15, 0.2) is 181 Å². The number of esters is 2. The highest BCUT2D eigenvalue weighted by Gasteiger charge is 2.67. The molecule has 0 aliphatic carbocycles. The van der Waals surface area contributed by atoms with Crippen LogP contribution in [-0.2, 0) is 29.1 Å². The van der Waals surface area contributed by atoms with Crippen molar-refractivity contribution in [1.82, 2.24) is 4.31 Å². The number of hydrogen-bond acceptors (Lipinski definition) is 8. The Morgan fingerprint density at radius 1 is 0.500 bits per heavy atom. The number of para-hydroxylation sites is 2. The molecule has 9 nitrogen and oxygen atoms in total. The fourth-order valence-electron chi connectivity index (χ4n) is 9.15. The van der Waals surface area contributed by atoms with Crippen LogP contribution in [0.1, 0.15) is 40.4 Å². The summed E-state index contributed by atoms with van der Waals surface area (Å²) in [6, 6.07) is 52.3. The van der Waals surface area contributed by atoms with Gasteiger partial charge in [0.25, 0.3) is 0 Å². The molecule has 0 amide bonds. The van der Waals surface area contributed by atoms with Crippen LogP contribution in [0, 0.1) is 18.8 Å². The Balaban J connectivity index is 1.49. The van der Waals surface area contributed by atoms with Crippen LogP contribution >= 0.6 is 0 Å². The Hall–Kier alpha value is -6.23. The van der Waals surface area contributed by atoms with Gasteiger partial charge < -0.3 is 19.3 Å². The number of benzene rings is 6. The van der Waals surface area contributed by atoms with Gasteiger partial charge in [-0.25, -0.2) is 8.42 Å². The van der Waals surface area contributed by atoms with Crippen LogP contribution in [0.3, 0.4) is 0 Å². The molecule has 8 rings (SSSR count). The minimum atomic E-state index is -4.50. The van der Waals surface area contributed by atoms with Gasteiger partial charge in [-0.1, -0.05) is 145 Å². The number of nitrogens with zero attached hydrogens (tertiary/aromatic N) is 3. The molecule has 0 N–H and O–H groups in total. The van der Waals surface area contributed by atoms with Gasteiger partial charge in [0.2, 0.25) is 10.0 Å². The van der Waals surface area contributed by atoms with Crippen molar-refractivity contribution in [2.75, 3.05) is 24.0 Å². The number of methoxy groups -OCH3 is 2. The van der Waals surface area contributed by atoms with E-state index in [2.05, 4.69) is 34.1 Å². The molecule has 10 heteroatoms. The standard InChI is InChI=1S/C48H45N3O6S/c1-33-29-31-39(32-30-33)58(54,55)51-42(34-19-9-4-10-20-34)41(47(52)56-2)40(45(51)48(53)57-3)46-49(37-25-15-7-16-26-37)43(35-21-11-5-12-22-35)44(36-23-13-6-14-24-36)50(46)38-27-17-8-18-28-38/h4-32,40-46H,1-3H3/t40-,41-,42-,43+,44+,45-/m1/s1. The van der Waals surface area contributed by atoms with E-state index in [-0.39, 0.29) is 4.90 Å². The van der Waals surface area contributed by atoms with Crippen molar-refractivity contribution >= 4 is 33.3 Å². The second kappa shape index (κ2) is 16.3. The molecule has 58 heavy (non-hydrogen) atoms. The predicted octanol–water partition coefficient (Wildman–Crippen LogP) is 8.52. The molecule has 2 saturated heterocycles. The number of hydrogen-bond donors (Lipinski definition) is 0. The Kier molecular flexibility index (Phi) is 10.9. The third-order valence-corrected chi connectivity index (χ3v) is 13.4. The van der Waals surface area contributed by atoms with Gasteiger partial charge in [0.05, 0.1) is 43.2 Å². The van der Waals surface area contributed by atoms with Crippen molar-refractivity contribution in [1.29, 1.82) is 0 Å². The maximum absolute atomic E-state index is 15.4. The zero-order valence-electron chi connectivity index (χ0n) is 32.5. The zero-order chi connectivity index (χ0) is 40.4. The first kappa shape index (κ1) is 38.6. The lowest BCUT2D eigenvalue weighted by atomic mass is 9.81. The molecule has 294 valence electrons. The van der Waals surface area contributed by atoms with Gasteiger partial charge in [-0.2, -0.15) is 4.31 Å². The van der Waals surface area contributed by atoms with Gasteiger partial charge in [0.1, 0.15) is 12.2 Å². The minimum Gasteiger partial charge on any atom is -0.469 e. The number of anilines is 2. The first-order chi connectivity index (χ1) is 28.3. The largest absolute Gasteiger partial charge is 0.469 e. The molecule has 6 aromatic carbocycles. The summed E-state index contributed by atoms with van der Waals surface area (Å²) < 4.78 is 43.3. The summed E-state index contributed by atoms with van der Waals surface area (Å²) >= 11 is 0. The molecule has 6 aromatic rings. The van der Waals surface area contributed by atoms with Crippen molar-refractivity contribution in [3.8, 4) is 0 Å². The molecule has 0 aromatic heterocycles. The molecule has 0 saturated carbocycles.